The van der Waals surface area contributed by atoms with Crippen LogP contribution < -0.4 is 4.74 Å². The molecule has 6 nitrogen and oxygen atoms in total. The van der Waals surface area contributed by atoms with Crippen molar-refractivity contribution in [2.75, 3.05) is 13.1 Å². The first kappa shape index (κ1) is 16.9. The predicted octanol–water partition coefficient (Wildman–Crippen LogP) is 3.34. The lowest BCUT2D eigenvalue weighted by molar-refractivity contribution is -0.00583. The van der Waals surface area contributed by atoms with E-state index in [1.807, 2.05) is 12.1 Å². The fourth-order valence-corrected chi connectivity index (χ4v) is 4.18. The number of amides is 1. The van der Waals surface area contributed by atoms with Gasteiger partial charge in [-0.2, -0.15) is 5.10 Å². The Morgan fingerprint density at radius 2 is 2.04 bits per heavy atom. The monoisotopic (exact) mass is 379 g/mol. The summed E-state index contributed by atoms with van der Waals surface area (Å²) in [7, 11) is 0. The molecule has 0 saturated carbocycles. The highest BCUT2D eigenvalue weighted by atomic mass is 19.1. The fraction of sp³-hybridized carbons (Fsp3) is 0.286. The van der Waals surface area contributed by atoms with E-state index in [0.29, 0.717) is 42.8 Å². The Hall–Kier alpha value is -3.22. The Morgan fingerprint density at radius 3 is 2.86 bits per heavy atom. The summed E-state index contributed by atoms with van der Waals surface area (Å²) in [5.41, 5.74) is 1.06. The molecular weight excluding hydrogens is 361 g/mol. The lowest BCUT2D eigenvalue weighted by atomic mass is 9.82. The van der Waals surface area contributed by atoms with E-state index in [1.165, 1.54) is 18.2 Å². The van der Waals surface area contributed by atoms with E-state index in [4.69, 9.17) is 4.74 Å². The van der Waals surface area contributed by atoms with Crippen molar-refractivity contribution in [3.05, 3.63) is 59.5 Å². The summed E-state index contributed by atoms with van der Waals surface area (Å²) >= 11 is 0. The molecule has 3 aromatic rings. The Kier molecular flexibility index (Phi) is 3.72. The number of nitrogens with one attached hydrogen (secondary N) is 1. The molecule has 1 N–H and O–H groups in total. The average molecular weight is 379 g/mol. The maximum atomic E-state index is 13.6. The Labute approximate surface area is 160 Å². The highest BCUT2D eigenvalue weighted by Gasteiger charge is 2.44. The number of nitrogens with zero attached hydrogens (tertiary/aromatic N) is 2. The molecule has 142 valence electrons. The van der Waals surface area contributed by atoms with Crippen molar-refractivity contribution in [1.29, 1.82) is 0 Å². The number of para-hydroxylation sites is 1. The molecule has 7 heteroatoms. The number of hydrogen-bond acceptors (Lipinski definition) is 4. The molecule has 2 aliphatic heterocycles. The number of benzene rings is 2. The molecule has 1 aromatic heterocycles. The van der Waals surface area contributed by atoms with E-state index < -0.39 is 11.4 Å². The van der Waals surface area contributed by atoms with Crippen LogP contribution in [-0.2, 0) is 0 Å². The third kappa shape index (κ3) is 2.66. The van der Waals surface area contributed by atoms with Gasteiger partial charge in [0.1, 0.15) is 17.2 Å². The van der Waals surface area contributed by atoms with Gasteiger partial charge in [-0.05, 0) is 18.2 Å². The SMILES string of the molecule is O=C1CC2(CCN(C(=O)c3cccc4cn[nH]c34)CC2)Oc2cc(F)ccc21. The molecule has 5 rings (SSSR count). The van der Waals surface area contributed by atoms with Gasteiger partial charge in [0, 0.05) is 37.4 Å². The number of ether oxygens (including phenoxy) is 1. The topological polar surface area (TPSA) is 75.3 Å². The van der Waals surface area contributed by atoms with Crippen molar-refractivity contribution in [1.82, 2.24) is 15.1 Å². The summed E-state index contributed by atoms with van der Waals surface area (Å²) in [6, 6.07) is 9.54. The minimum Gasteiger partial charge on any atom is -0.486 e. The predicted molar refractivity (Wildman–Crippen MR) is 99.9 cm³/mol. The number of aromatic nitrogens is 2. The standard InChI is InChI=1S/C21H18FN3O3/c22-14-4-5-15-17(26)11-21(28-18(15)10-14)6-8-25(9-7-21)20(27)16-3-1-2-13-12-23-24-19(13)16/h1-5,10,12H,6-9,11H2,(H,23,24). The number of ketones is 1. The summed E-state index contributed by atoms with van der Waals surface area (Å²) in [5.74, 6) is -0.233. The summed E-state index contributed by atoms with van der Waals surface area (Å²) < 4.78 is 19.7. The molecule has 2 aliphatic rings. The normalized spacial score (nSPS) is 18.2. The Balaban J connectivity index is 1.36. The largest absolute Gasteiger partial charge is 0.486 e. The lowest BCUT2D eigenvalue weighted by Crippen LogP contribution is -2.52. The van der Waals surface area contributed by atoms with Gasteiger partial charge in [-0.15, -0.1) is 0 Å². The average Bonchev–Trinajstić information content (AvgIpc) is 3.16. The molecule has 0 aliphatic carbocycles. The van der Waals surface area contributed by atoms with Crippen LogP contribution in [-0.4, -0.2) is 45.5 Å². The second kappa shape index (κ2) is 6.15. The maximum absolute atomic E-state index is 13.6. The summed E-state index contributed by atoms with van der Waals surface area (Å²) in [4.78, 5) is 27.3. The third-order valence-corrected chi connectivity index (χ3v) is 5.72. The van der Waals surface area contributed by atoms with Crippen LogP contribution in [0.5, 0.6) is 5.75 Å². The lowest BCUT2D eigenvalue weighted by Gasteiger charge is -2.44. The quantitative estimate of drug-likeness (QED) is 0.704. The van der Waals surface area contributed by atoms with Crippen LogP contribution in [0.2, 0.25) is 0 Å². The van der Waals surface area contributed by atoms with Crippen LogP contribution in [0.1, 0.15) is 40.0 Å². The minimum atomic E-state index is -0.672. The minimum absolute atomic E-state index is 0.0387. The van der Waals surface area contributed by atoms with Crippen LogP contribution in [0, 0.1) is 5.82 Å². The summed E-state index contributed by atoms with van der Waals surface area (Å²) in [6.07, 6.45) is 3.00. The van der Waals surface area contributed by atoms with Gasteiger partial charge in [-0.1, -0.05) is 12.1 Å². The molecule has 1 spiro atoms. The maximum Gasteiger partial charge on any atom is 0.256 e. The Bertz CT molecular complexity index is 1100. The molecule has 0 unspecified atom stereocenters. The first-order valence-corrected chi connectivity index (χ1v) is 9.28. The Morgan fingerprint density at radius 1 is 1.21 bits per heavy atom. The van der Waals surface area contributed by atoms with Gasteiger partial charge in [0.15, 0.2) is 5.78 Å². The number of carbonyl (C=O) groups excluding carboxylic acids is 2. The van der Waals surface area contributed by atoms with Gasteiger partial charge in [0.2, 0.25) is 0 Å². The molecule has 0 atom stereocenters. The van der Waals surface area contributed by atoms with E-state index in [9.17, 15) is 14.0 Å². The highest BCUT2D eigenvalue weighted by Crippen LogP contribution is 2.39. The smallest absolute Gasteiger partial charge is 0.256 e. The number of piperidine rings is 1. The second-order valence-corrected chi connectivity index (χ2v) is 7.46. The second-order valence-electron chi connectivity index (χ2n) is 7.46. The molecule has 0 bridgehead atoms. The molecule has 1 saturated heterocycles. The van der Waals surface area contributed by atoms with E-state index in [0.717, 1.165) is 10.9 Å². The van der Waals surface area contributed by atoms with E-state index in [-0.39, 0.29) is 18.1 Å². The zero-order valence-corrected chi connectivity index (χ0v) is 15.1. The number of hydrogen-bond donors (Lipinski definition) is 1. The highest BCUT2D eigenvalue weighted by molar-refractivity contribution is 6.05. The van der Waals surface area contributed by atoms with Crippen LogP contribution in [0.15, 0.2) is 42.6 Å². The van der Waals surface area contributed by atoms with E-state index >= 15 is 0 Å². The molecule has 28 heavy (non-hydrogen) atoms. The zero-order valence-electron chi connectivity index (χ0n) is 15.1. The number of carbonyl (C=O) groups is 2. The number of fused-ring (bicyclic) bond motifs is 2. The number of halogens is 1. The van der Waals surface area contributed by atoms with E-state index in [2.05, 4.69) is 10.2 Å². The van der Waals surface area contributed by atoms with Gasteiger partial charge in [0.25, 0.3) is 5.91 Å². The van der Waals surface area contributed by atoms with Crippen LogP contribution in [0.3, 0.4) is 0 Å². The first-order valence-electron chi connectivity index (χ1n) is 9.28. The van der Waals surface area contributed by atoms with Crippen molar-refractivity contribution in [2.45, 2.75) is 24.9 Å². The van der Waals surface area contributed by atoms with Crippen molar-refractivity contribution in [3.63, 3.8) is 0 Å². The van der Waals surface area contributed by atoms with Crippen LogP contribution in [0.4, 0.5) is 4.39 Å². The van der Waals surface area contributed by atoms with Crippen molar-refractivity contribution in [2.24, 2.45) is 0 Å². The van der Waals surface area contributed by atoms with Gasteiger partial charge >= 0.3 is 0 Å². The number of aromatic amines is 1. The molecular formula is C21H18FN3O3. The van der Waals surface area contributed by atoms with Crippen molar-refractivity contribution < 1.29 is 18.7 Å². The number of Topliss-reactive ketones (excluding diaryl/α,β-unsaturated/α-hetero) is 1. The molecule has 2 aromatic carbocycles. The molecule has 3 heterocycles. The fourth-order valence-electron chi connectivity index (χ4n) is 4.18. The molecule has 1 amide bonds. The number of likely N-dealkylation sites (tertiary alicyclic amines) is 1. The van der Waals surface area contributed by atoms with Gasteiger partial charge < -0.3 is 9.64 Å². The number of H-pyrrole nitrogens is 1. The first-order chi connectivity index (χ1) is 13.5. The zero-order chi connectivity index (χ0) is 19.3. The summed E-state index contributed by atoms with van der Waals surface area (Å²) in [6.45, 7) is 0.947. The van der Waals surface area contributed by atoms with Gasteiger partial charge in [-0.3, -0.25) is 14.7 Å². The van der Waals surface area contributed by atoms with Crippen molar-refractivity contribution in [3.8, 4) is 5.75 Å². The molecule has 1 fully saturated rings. The number of rotatable bonds is 1. The van der Waals surface area contributed by atoms with Crippen molar-refractivity contribution >= 4 is 22.6 Å². The van der Waals surface area contributed by atoms with Crippen LogP contribution >= 0.6 is 0 Å². The summed E-state index contributed by atoms with van der Waals surface area (Å²) in [5, 5.41) is 7.78. The van der Waals surface area contributed by atoms with Gasteiger partial charge in [0.05, 0.1) is 29.3 Å². The third-order valence-electron chi connectivity index (χ3n) is 5.72. The van der Waals surface area contributed by atoms with Gasteiger partial charge in [-0.25, -0.2) is 4.39 Å². The molecule has 0 radical (unpaired) electrons. The van der Waals surface area contributed by atoms with E-state index in [1.54, 1.807) is 17.2 Å². The van der Waals surface area contributed by atoms with Crippen LogP contribution in [0.25, 0.3) is 10.9 Å².